The van der Waals surface area contributed by atoms with Crippen LogP contribution in [0.15, 0.2) is 48.5 Å². The predicted molar refractivity (Wildman–Crippen MR) is 113 cm³/mol. The third-order valence-corrected chi connectivity index (χ3v) is 5.30. The molecule has 1 fully saturated rings. The molecular weight excluding hydrogens is 442 g/mol. The van der Waals surface area contributed by atoms with Crippen LogP contribution in [-0.4, -0.2) is 48.4 Å². The lowest BCUT2D eigenvalue weighted by atomic mass is 10.1. The predicted octanol–water partition coefficient (Wildman–Crippen LogP) is 4.30. The molecule has 10 heteroatoms. The molecule has 3 amide bonds. The van der Waals surface area contributed by atoms with Crippen LogP contribution < -0.4 is 10.2 Å². The molecular formula is C23H23F4N3O3. The summed E-state index contributed by atoms with van der Waals surface area (Å²) in [6.07, 6.45) is -2.28. The summed E-state index contributed by atoms with van der Waals surface area (Å²) >= 11 is 0. The van der Waals surface area contributed by atoms with Crippen molar-refractivity contribution >= 4 is 23.4 Å². The van der Waals surface area contributed by atoms with Gasteiger partial charge >= 0.3 is 18.1 Å². The van der Waals surface area contributed by atoms with Crippen molar-refractivity contribution in [3.63, 3.8) is 0 Å². The Balaban J connectivity index is 1.76. The summed E-state index contributed by atoms with van der Waals surface area (Å²) in [5.74, 6) is -3.90. The lowest BCUT2D eigenvalue weighted by molar-refractivity contribution is -0.173. The summed E-state index contributed by atoms with van der Waals surface area (Å²) in [5.41, 5.74) is 0.537. The molecule has 0 radical (unpaired) electrons. The Morgan fingerprint density at radius 3 is 2.24 bits per heavy atom. The normalized spacial score (nSPS) is 14.0. The molecule has 0 atom stereocenters. The fraction of sp³-hybridized carbons (Fsp3) is 0.348. The second-order valence-electron chi connectivity index (χ2n) is 7.66. The minimum absolute atomic E-state index is 0.0928. The molecule has 33 heavy (non-hydrogen) atoms. The van der Waals surface area contributed by atoms with Crippen LogP contribution in [0.2, 0.25) is 0 Å². The number of benzene rings is 2. The van der Waals surface area contributed by atoms with E-state index in [2.05, 4.69) is 0 Å². The number of carbonyl (C=O) groups is 3. The molecule has 0 spiro atoms. The van der Waals surface area contributed by atoms with E-state index < -0.39 is 30.2 Å². The largest absolute Gasteiger partial charge is 0.471 e. The topological polar surface area (TPSA) is 69.7 Å². The number of nitrogens with zero attached hydrogens (tertiary/aromatic N) is 2. The van der Waals surface area contributed by atoms with Crippen LogP contribution in [0.5, 0.6) is 0 Å². The highest BCUT2D eigenvalue weighted by molar-refractivity contribution is 6.00. The Kier molecular flexibility index (Phi) is 7.67. The van der Waals surface area contributed by atoms with Crippen molar-refractivity contribution in [2.75, 3.05) is 24.5 Å². The van der Waals surface area contributed by atoms with Gasteiger partial charge in [0.15, 0.2) is 5.78 Å². The van der Waals surface area contributed by atoms with Crippen LogP contribution in [0, 0.1) is 5.82 Å². The number of likely N-dealkylation sites (tertiary alicyclic amines) is 1. The first-order valence-corrected chi connectivity index (χ1v) is 10.4. The number of piperidine rings is 1. The van der Waals surface area contributed by atoms with E-state index in [1.54, 1.807) is 35.2 Å². The highest BCUT2D eigenvalue weighted by atomic mass is 19.4. The van der Waals surface area contributed by atoms with Gasteiger partial charge in [0.05, 0.1) is 13.1 Å². The highest BCUT2D eigenvalue weighted by Crippen LogP contribution is 2.23. The average molecular weight is 465 g/mol. The van der Waals surface area contributed by atoms with Crippen LogP contribution in [0.4, 0.5) is 28.0 Å². The first-order chi connectivity index (χ1) is 15.7. The maximum absolute atomic E-state index is 14.8. The highest BCUT2D eigenvalue weighted by Gasteiger charge is 2.38. The summed E-state index contributed by atoms with van der Waals surface area (Å²) in [4.78, 5) is 39.3. The number of nitrogens with one attached hydrogen (secondary N) is 1. The zero-order chi connectivity index (χ0) is 24.0. The molecule has 1 heterocycles. The maximum atomic E-state index is 14.8. The van der Waals surface area contributed by atoms with Gasteiger partial charge in [0.1, 0.15) is 5.82 Å². The molecule has 0 aliphatic carbocycles. The monoisotopic (exact) mass is 465 g/mol. The van der Waals surface area contributed by atoms with E-state index in [9.17, 15) is 31.9 Å². The van der Waals surface area contributed by atoms with Gasteiger partial charge in [-0.2, -0.15) is 13.2 Å². The van der Waals surface area contributed by atoms with Crippen LogP contribution in [0.25, 0.3) is 0 Å². The molecule has 1 saturated heterocycles. The maximum Gasteiger partial charge on any atom is 0.471 e. The van der Waals surface area contributed by atoms with Gasteiger partial charge in [-0.3, -0.25) is 14.5 Å². The second kappa shape index (κ2) is 10.5. The number of urea groups is 1. The van der Waals surface area contributed by atoms with E-state index in [4.69, 9.17) is 0 Å². The zero-order valence-electron chi connectivity index (χ0n) is 17.7. The number of alkyl halides is 3. The van der Waals surface area contributed by atoms with Crippen molar-refractivity contribution in [1.29, 1.82) is 0 Å². The third-order valence-electron chi connectivity index (χ3n) is 5.30. The summed E-state index contributed by atoms with van der Waals surface area (Å²) in [6, 6.07) is 12.0. The molecule has 0 unspecified atom stereocenters. The Bertz CT molecular complexity index is 1010. The molecule has 2 aromatic carbocycles. The summed E-state index contributed by atoms with van der Waals surface area (Å²) in [7, 11) is 0. The number of anilines is 1. The number of para-hydroxylation sites is 1. The summed E-state index contributed by atoms with van der Waals surface area (Å²) in [6.45, 7) is 0.217. The molecule has 3 rings (SSSR count). The SMILES string of the molecule is O=C(CNC(=O)C(F)(F)F)c1ccc(CN(C(=O)N2CCCCC2)c2ccccc2)c(F)c1. The van der Waals surface area contributed by atoms with Gasteiger partial charge in [0.25, 0.3) is 0 Å². The van der Waals surface area contributed by atoms with E-state index >= 15 is 0 Å². The number of hydrogen-bond acceptors (Lipinski definition) is 3. The lowest BCUT2D eigenvalue weighted by Gasteiger charge is -2.33. The van der Waals surface area contributed by atoms with E-state index in [1.165, 1.54) is 22.3 Å². The Hall–Kier alpha value is -3.43. The average Bonchev–Trinajstić information content (AvgIpc) is 2.81. The number of carbonyl (C=O) groups excluding carboxylic acids is 3. The van der Waals surface area contributed by atoms with Crippen LogP contribution in [-0.2, 0) is 11.3 Å². The minimum Gasteiger partial charge on any atom is -0.341 e. The molecule has 0 bridgehead atoms. The van der Waals surface area contributed by atoms with Crippen molar-refractivity contribution in [1.82, 2.24) is 10.2 Å². The number of halogens is 4. The lowest BCUT2D eigenvalue weighted by Crippen LogP contribution is -2.45. The molecule has 176 valence electrons. The number of rotatable bonds is 6. The number of amides is 3. The Morgan fingerprint density at radius 1 is 0.970 bits per heavy atom. The smallest absolute Gasteiger partial charge is 0.341 e. The summed E-state index contributed by atoms with van der Waals surface area (Å²) < 4.78 is 51.6. The number of Topliss-reactive ketones (excluding diaryl/α,β-unsaturated/α-hetero) is 1. The van der Waals surface area contributed by atoms with E-state index in [0.717, 1.165) is 25.3 Å². The van der Waals surface area contributed by atoms with Crippen LogP contribution in [0.1, 0.15) is 35.2 Å². The fourth-order valence-corrected chi connectivity index (χ4v) is 3.52. The van der Waals surface area contributed by atoms with Crippen LogP contribution >= 0.6 is 0 Å². The van der Waals surface area contributed by atoms with Crippen molar-refractivity contribution < 1.29 is 31.9 Å². The molecule has 2 aromatic rings. The van der Waals surface area contributed by atoms with Crippen molar-refractivity contribution in [2.45, 2.75) is 32.0 Å². The van der Waals surface area contributed by atoms with Crippen molar-refractivity contribution in [3.05, 3.63) is 65.5 Å². The molecule has 1 aliphatic heterocycles. The van der Waals surface area contributed by atoms with Gasteiger partial charge in [-0.05, 0) is 37.5 Å². The first kappa shape index (κ1) is 24.2. The van der Waals surface area contributed by atoms with Gasteiger partial charge in [-0.1, -0.05) is 30.3 Å². The van der Waals surface area contributed by atoms with Crippen molar-refractivity contribution in [3.8, 4) is 0 Å². The van der Waals surface area contributed by atoms with Gasteiger partial charge in [-0.15, -0.1) is 0 Å². The zero-order valence-corrected chi connectivity index (χ0v) is 17.7. The third kappa shape index (κ3) is 6.30. The minimum atomic E-state index is -5.11. The Labute approximate surface area is 188 Å². The van der Waals surface area contributed by atoms with Gasteiger partial charge in [0, 0.05) is 29.9 Å². The van der Waals surface area contributed by atoms with Crippen LogP contribution in [0.3, 0.4) is 0 Å². The van der Waals surface area contributed by atoms with Gasteiger partial charge in [-0.25, -0.2) is 9.18 Å². The number of ketones is 1. The molecule has 6 nitrogen and oxygen atoms in total. The van der Waals surface area contributed by atoms with E-state index in [1.807, 2.05) is 0 Å². The quantitative estimate of drug-likeness (QED) is 0.511. The second-order valence-corrected chi connectivity index (χ2v) is 7.66. The Morgan fingerprint density at radius 2 is 1.64 bits per heavy atom. The number of hydrogen-bond donors (Lipinski definition) is 1. The van der Waals surface area contributed by atoms with Crippen molar-refractivity contribution in [2.24, 2.45) is 0 Å². The summed E-state index contributed by atoms with van der Waals surface area (Å²) in [5, 5.41) is 1.47. The molecule has 1 N–H and O–H groups in total. The first-order valence-electron chi connectivity index (χ1n) is 10.4. The van der Waals surface area contributed by atoms with E-state index in [-0.39, 0.29) is 23.7 Å². The van der Waals surface area contributed by atoms with Gasteiger partial charge < -0.3 is 10.2 Å². The molecule has 0 saturated carbocycles. The van der Waals surface area contributed by atoms with Gasteiger partial charge in [0.2, 0.25) is 0 Å². The fourth-order valence-electron chi connectivity index (χ4n) is 3.52. The standard InChI is InChI=1S/C23H23F4N3O3/c24-19-13-16(20(31)14-28-21(32)23(25,26)27)9-10-17(19)15-30(18-7-3-1-4-8-18)22(33)29-11-5-2-6-12-29/h1,3-4,7-10,13H,2,5-6,11-12,14-15H2,(H,28,32). The molecule has 0 aromatic heterocycles. The molecule has 1 aliphatic rings. The van der Waals surface area contributed by atoms with E-state index in [0.29, 0.717) is 18.8 Å².